The van der Waals surface area contributed by atoms with Gasteiger partial charge in [-0.25, -0.2) is 0 Å². The van der Waals surface area contributed by atoms with Crippen LogP contribution in [0, 0.1) is 0 Å². The van der Waals surface area contributed by atoms with Crippen LogP contribution in [0.4, 0.5) is 5.82 Å². The molecule has 0 aliphatic heterocycles. The van der Waals surface area contributed by atoms with Crippen LogP contribution in [0.15, 0.2) is 22.7 Å². The summed E-state index contributed by atoms with van der Waals surface area (Å²) < 4.78 is 5.12. The average molecular weight is 257 g/mol. The number of halogens is 2. The minimum atomic E-state index is 0.348. The molecule has 1 heterocycles. The number of anilines is 1. The molecule has 2 aromatic rings. The fourth-order valence-electron chi connectivity index (χ4n) is 1.56. The summed E-state index contributed by atoms with van der Waals surface area (Å²) in [6.07, 6.45) is 0.707. The van der Waals surface area contributed by atoms with Crippen LogP contribution in [0.3, 0.4) is 0 Å². The highest BCUT2D eigenvalue weighted by atomic mass is 35.5. The van der Waals surface area contributed by atoms with Crippen molar-refractivity contribution in [3.63, 3.8) is 0 Å². The fraction of sp³-hybridized carbons (Fsp3) is 0.182. The summed E-state index contributed by atoms with van der Waals surface area (Å²) in [5.41, 5.74) is 7.31. The Kier molecular flexibility index (Phi) is 3.08. The third-order valence-electron chi connectivity index (χ3n) is 2.31. The zero-order valence-corrected chi connectivity index (χ0v) is 10.1. The molecule has 2 N–H and O–H groups in total. The van der Waals surface area contributed by atoms with Crippen LogP contribution in [0.1, 0.15) is 12.7 Å². The summed E-state index contributed by atoms with van der Waals surface area (Å²) in [7, 11) is 0. The number of nitrogens with two attached hydrogens (primary N) is 1. The number of nitrogen functional groups attached to an aromatic ring is 1. The highest BCUT2D eigenvalue weighted by molar-refractivity contribution is 6.36. The highest BCUT2D eigenvalue weighted by Crippen LogP contribution is 2.36. The molecule has 0 spiro atoms. The molecule has 1 aromatic carbocycles. The monoisotopic (exact) mass is 256 g/mol. The molecular weight excluding hydrogens is 247 g/mol. The second-order valence-electron chi connectivity index (χ2n) is 3.34. The number of rotatable bonds is 2. The lowest BCUT2D eigenvalue weighted by Crippen LogP contribution is -1.90. The first kappa shape index (κ1) is 11.3. The molecule has 0 fully saturated rings. The second kappa shape index (κ2) is 4.36. The van der Waals surface area contributed by atoms with Gasteiger partial charge in [0.05, 0.1) is 10.6 Å². The molecule has 0 bridgehead atoms. The molecule has 0 radical (unpaired) electrons. The average Bonchev–Trinajstić information content (AvgIpc) is 2.60. The highest BCUT2D eigenvalue weighted by Gasteiger charge is 2.16. The Hall–Kier alpha value is -1.19. The maximum atomic E-state index is 6.11. The van der Waals surface area contributed by atoms with Crippen molar-refractivity contribution in [3.8, 4) is 11.1 Å². The van der Waals surface area contributed by atoms with Crippen LogP contribution in [0.5, 0.6) is 0 Å². The maximum Gasteiger partial charge on any atom is 0.175 e. The lowest BCUT2D eigenvalue weighted by atomic mass is 10.0. The predicted octanol–water partition coefficient (Wildman–Crippen LogP) is 3.79. The Morgan fingerprint density at radius 1 is 1.38 bits per heavy atom. The Labute approximate surface area is 103 Å². The molecule has 16 heavy (non-hydrogen) atoms. The van der Waals surface area contributed by atoms with E-state index in [2.05, 4.69) is 5.16 Å². The van der Waals surface area contributed by atoms with Gasteiger partial charge in [-0.05, 0) is 12.1 Å². The van der Waals surface area contributed by atoms with Crippen LogP contribution >= 0.6 is 23.2 Å². The van der Waals surface area contributed by atoms with Crippen LogP contribution < -0.4 is 5.73 Å². The molecule has 1 aromatic heterocycles. The van der Waals surface area contributed by atoms with Crippen molar-refractivity contribution in [2.45, 2.75) is 13.3 Å². The van der Waals surface area contributed by atoms with Gasteiger partial charge in [0.15, 0.2) is 5.82 Å². The van der Waals surface area contributed by atoms with Gasteiger partial charge in [-0.3, -0.25) is 0 Å². The van der Waals surface area contributed by atoms with E-state index in [1.54, 1.807) is 12.1 Å². The van der Waals surface area contributed by atoms with E-state index in [4.69, 9.17) is 33.5 Å². The molecular formula is C11H10Cl2N2O. The first-order valence-electron chi connectivity index (χ1n) is 4.83. The predicted molar refractivity (Wildman–Crippen MR) is 65.7 cm³/mol. The first-order valence-corrected chi connectivity index (χ1v) is 5.58. The maximum absolute atomic E-state index is 6.11. The lowest BCUT2D eigenvalue weighted by Gasteiger charge is -2.04. The zero-order valence-electron chi connectivity index (χ0n) is 8.63. The standard InChI is InChI=1S/C11H10Cl2N2O/c1-2-9-10(11(14)15-16-9)7-4-3-6(12)5-8(7)13/h3-5H,2H2,1H3,(H2,14,15). The van der Waals surface area contributed by atoms with E-state index in [1.165, 1.54) is 0 Å². The fourth-order valence-corrected chi connectivity index (χ4v) is 2.06. The molecule has 0 amide bonds. The van der Waals surface area contributed by atoms with Crippen molar-refractivity contribution in [3.05, 3.63) is 34.0 Å². The summed E-state index contributed by atoms with van der Waals surface area (Å²) in [5.74, 6) is 1.07. The van der Waals surface area contributed by atoms with Gasteiger partial charge >= 0.3 is 0 Å². The molecule has 0 aliphatic carbocycles. The van der Waals surface area contributed by atoms with E-state index in [0.717, 1.165) is 16.9 Å². The SMILES string of the molecule is CCc1onc(N)c1-c1ccc(Cl)cc1Cl. The van der Waals surface area contributed by atoms with Crippen molar-refractivity contribution >= 4 is 29.0 Å². The molecule has 84 valence electrons. The van der Waals surface area contributed by atoms with Crippen LogP contribution in [-0.4, -0.2) is 5.16 Å². The van der Waals surface area contributed by atoms with E-state index in [-0.39, 0.29) is 0 Å². The second-order valence-corrected chi connectivity index (χ2v) is 4.19. The van der Waals surface area contributed by atoms with Crippen molar-refractivity contribution in [2.24, 2.45) is 0 Å². The van der Waals surface area contributed by atoms with Gasteiger partial charge < -0.3 is 10.3 Å². The number of benzene rings is 1. The third kappa shape index (κ3) is 1.88. The van der Waals surface area contributed by atoms with Gasteiger partial charge in [-0.1, -0.05) is 41.3 Å². The van der Waals surface area contributed by atoms with Crippen LogP contribution in [-0.2, 0) is 6.42 Å². The number of nitrogens with zero attached hydrogens (tertiary/aromatic N) is 1. The van der Waals surface area contributed by atoms with Gasteiger partial charge in [0.25, 0.3) is 0 Å². The Balaban J connectivity index is 2.62. The molecule has 5 heteroatoms. The normalized spacial score (nSPS) is 10.7. The van der Waals surface area contributed by atoms with Gasteiger partial charge in [0.2, 0.25) is 0 Å². The van der Waals surface area contributed by atoms with Gasteiger partial charge in [0.1, 0.15) is 5.76 Å². The largest absolute Gasteiger partial charge is 0.380 e. The van der Waals surface area contributed by atoms with Gasteiger partial charge in [0, 0.05) is 17.0 Å². The third-order valence-corrected chi connectivity index (χ3v) is 2.86. The van der Waals surface area contributed by atoms with E-state index >= 15 is 0 Å². The lowest BCUT2D eigenvalue weighted by molar-refractivity contribution is 0.390. The molecule has 2 rings (SSSR count). The summed E-state index contributed by atoms with van der Waals surface area (Å²) >= 11 is 11.9. The number of aromatic nitrogens is 1. The quantitative estimate of drug-likeness (QED) is 0.890. The van der Waals surface area contributed by atoms with E-state index in [1.807, 2.05) is 13.0 Å². The Bertz CT molecular complexity index is 523. The summed E-state index contributed by atoms with van der Waals surface area (Å²) in [4.78, 5) is 0. The Morgan fingerprint density at radius 3 is 2.75 bits per heavy atom. The van der Waals surface area contributed by atoms with Gasteiger partial charge in [-0.15, -0.1) is 0 Å². The minimum Gasteiger partial charge on any atom is -0.380 e. The molecule has 0 saturated carbocycles. The van der Waals surface area contributed by atoms with Crippen molar-refractivity contribution < 1.29 is 4.52 Å². The van der Waals surface area contributed by atoms with E-state index in [0.29, 0.717) is 22.3 Å². The van der Waals surface area contributed by atoms with Crippen molar-refractivity contribution in [2.75, 3.05) is 5.73 Å². The summed E-state index contributed by atoms with van der Waals surface area (Å²) in [6.45, 7) is 1.97. The van der Waals surface area contributed by atoms with E-state index < -0.39 is 0 Å². The van der Waals surface area contributed by atoms with E-state index in [9.17, 15) is 0 Å². The number of aryl methyl sites for hydroxylation is 1. The summed E-state index contributed by atoms with van der Waals surface area (Å²) in [5, 5.41) is 4.86. The first-order chi connectivity index (χ1) is 7.63. The Morgan fingerprint density at radius 2 is 2.12 bits per heavy atom. The minimum absolute atomic E-state index is 0.348. The molecule has 0 atom stereocenters. The number of hydrogen-bond donors (Lipinski definition) is 1. The molecule has 3 nitrogen and oxygen atoms in total. The molecule has 0 unspecified atom stereocenters. The van der Waals surface area contributed by atoms with Gasteiger partial charge in [-0.2, -0.15) is 0 Å². The molecule has 0 aliphatic rings. The van der Waals surface area contributed by atoms with Crippen molar-refractivity contribution in [1.82, 2.24) is 5.16 Å². The number of hydrogen-bond acceptors (Lipinski definition) is 3. The summed E-state index contributed by atoms with van der Waals surface area (Å²) in [6, 6.07) is 5.24. The topological polar surface area (TPSA) is 52.0 Å². The zero-order chi connectivity index (χ0) is 11.7. The van der Waals surface area contributed by atoms with Crippen LogP contribution in [0.2, 0.25) is 10.0 Å². The van der Waals surface area contributed by atoms with Crippen molar-refractivity contribution in [1.29, 1.82) is 0 Å². The van der Waals surface area contributed by atoms with Crippen LogP contribution in [0.25, 0.3) is 11.1 Å². The smallest absolute Gasteiger partial charge is 0.175 e. The molecule has 0 saturated heterocycles.